The molecule has 0 unspecified atom stereocenters. The molecular formula is C8H3BrCl2N2S. The second-order valence-corrected chi connectivity index (χ2v) is 5.68. The van der Waals surface area contributed by atoms with Crippen LogP contribution in [0.25, 0.3) is 10.7 Å². The summed E-state index contributed by atoms with van der Waals surface area (Å²) in [6.07, 6.45) is 0. The molecule has 2 rings (SSSR count). The Morgan fingerprint density at radius 3 is 2.29 bits per heavy atom. The minimum atomic E-state index is 0.351. The first-order valence-electron chi connectivity index (χ1n) is 3.61. The highest BCUT2D eigenvalue weighted by atomic mass is 79.9. The fourth-order valence-corrected chi connectivity index (χ4v) is 2.68. The number of nitrogens with zero attached hydrogens (tertiary/aromatic N) is 2. The van der Waals surface area contributed by atoms with E-state index < -0.39 is 0 Å². The van der Waals surface area contributed by atoms with Gasteiger partial charge in [0.05, 0.1) is 8.66 Å². The van der Waals surface area contributed by atoms with E-state index in [1.54, 1.807) is 0 Å². The van der Waals surface area contributed by atoms with Gasteiger partial charge in [-0.3, -0.25) is 0 Å². The molecule has 72 valence electrons. The van der Waals surface area contributed by atoms with Crippen LogP contribution >= 0.6 is 50.5 Å². The Balaban J connectivity index is 2.51. The highest BCUT2D eigenvalue weighted by Crippen LogP contribution is 2.30. The average Bonchev–Trinajstić information content (AvgIpc) is 2.50. The first kappa shape index (κ1) is 10.4. The largest absolute Gasteiger partial charge is 0.215 e. The summed E-state index contributed by atoms with van der Waals surface area (Å²) in [5, 5.41) is 0.703. The highest BCUT2D eigenvalue weighted by molar-refractivity contribution is 9.11. The van der Waals surface area contributed by atoms with Gasteiger partial charge in [0.25, 0.3) is 0 Å². The lowest BCUT2D eigenvalue weighted by Crippen LogP contribution is -1.87. The van der Waals surface area contributed by atoms with Crippen LogP contribution < -0.4 is 0 Å². The molecule has 2 aromatic rings. The molecule has 0 atom stereocenters. The second kappa shape index (κ2) is 4.14. The maximum Gasteiger partial charge on any atom is 0.172 e. The van der Waals surface area contributed by atoms with Crippen molar-refractivity contribution in [2.24, 2.45) is 0 Å². The van der Waals surface area contributed by atoms with Crippen LogP contribution in [-0.2, 0) is 0 Å². The van der Waals surface area contributed by atoms with E-state index >= 15 is 0 Å². The van der Waals surface area contributed by atoms with Crippen LogP contribution in [0.15, 0.2) is 22.0 Å². The first-order chi connectivity index (χ1) is 6.65. The van der Waals surface area contributed by atoms with Gasteiger partial charge in [-0.2, -0.15) is 0 Å². The topological polar surface area (TPSA) is 25.8 Å². The number of rotatable bonds is 1. The molecule has 0 saturated heterocycles. The zero-order chi connectivity index (χ0) is 10.1. The summed E-state index contributed by atoms with van der Waals surface area (Å²) >= 11 is 16.4. The molecule has 6 heteroatoms. The number of hydrogen-bond donors (Lipinski definition) is 0. The lowest BCUT2D eigenvalue weighted by molar-refractivity contribution is 1.19. The fraction of sp³-hybridized carbons (Fsp3) is 0. The lowest BCUT2D eigenvalue weighted by atomic mass is 10.4. The van der Waals surface area contributed by atoms with Gasteiger partial charge in [0.15, 0.2) is 5.82 Å². The van der Waals surface area contributed by atoms with Gasteiger partial charge in [0.1, 0.15) is 10.3 Å². The Morgan fingerprint density at radius 2 is 1.79 bits per heavy atom. The van der Waals surface area contributed by atoms with Gasteiger partial charge in [-0.1, -0.05) is 23.2 Å². The normalized spacial score (nSPS) is 10.5. The van der Waals surface area contributed by atoms with Crippen LogP contribution in [0, 0.1) is 0 Å². The number of thiophene rings is 1. The van der Waals surface area contributed by atoms with Gasteiger partial charge in [0.2, 0.25) is 0 Å². The quantitative estimate of drug-likeness (QED) is 0.735. The molecule has 0 amide bonds. The summed E-state index contributed by atoms with van der Waals surface area (Å²) in [5.74, 6) is 0.554. The summed E-state index contributed by atoms with van der Waals surface area (Å²) < 4.78 is 1.02. The molecule has 0 aromatic carbocycles. The molecule has 14 heavy (non-hydrogen) atoms. The van der Waals surface area contributed by atoms with Crippen molar-refractivity contribution in [2.75, 3.05) is 0 Å². The van der Waals surface area contributed by atoms with Crippen molar-refractivity contribution < 1.29 is 0 Å². The summed E-state index contributed by atoms with van der Waals surface area (Å²) in [5.41, 5.74) is 0. The molecule has 0 aliphatic carbocycles. The Hall–Kier alpha value is -0.160. The minimum Gasteiger partial charge on any atom is -0.215 e. The van der Waals surface area contributed by atoms with Crippen molar-refractivity contribution in [1.29, 1.82) is 0 Å². The minimum absolute atomic E-state index is 0.351. The molecule has 2 nitrogen and oxygen atoms in total. The molecule has 0 bridgehead atoms. The van der Waals surface area contributed by atoms with Gasteiger partial charge in [-0.15, -0.1) is 11.3 Å². The summed E-state index contributed by atoms with van der Waals surface area (Å²) in [7, 11) is 0. The van der Waals surface area contributed by atoms with Gasteiger partial charge < -0.3 is 0 Å². The van der Waals surface area contributed by atoms with Crippen LogP contribution in [0.4, 0.5) is 0 Å². The van der Waals surface area contributed by atoms with Crippen LogP contribution in [0.2, 0.25) is 10.3 Å². The van der Waals surface area contributed by atoms with Crippen molar-refractivity contribution in [3.05, 3.63) is 32.3 Å². The number of halogens is 3. The smallest absolute Gasteiger partial charge is 0.172 e. The van der Waals surface area contributed by atoms with E-state index in [1.165, 1.54) is 17.4 Å². The van der Waals surface area contributed by atoms with Crippen molar-refractivity contribution in [3.63, 3.8) is 0 Å². The second-order valence-electron chi connectivity index (χ2n) is 2.44. The third kappa shape index (κ3) is 2.25. The van der Waals surface area contributed by atoms with Crippen molar-refractivity contribution in [2.45, 2.75) is 0 Å². The molecule has 0 radical (unpaired) electrons. The standard InChI is InChI=1S/C8H3BrCl2N2S/c9-5-2-1-4(14-5)8-12-6(10)3-7(11)13-8/h1-3H. The summed E-state index contributed by atoms with van der Waals surface area (Å²) in [6.45, 7) is 0. The molecule has 0 saturated carbocycles. The predicted octanol–water partition coefficient (Wildman–Crippen LogP) is 4.27. The fourth-order valence-electron chi connectivity index (χ4n) is 0.935. The molecule has 2 heterocycles. The van der Waals surface area contributed by atoms with E-state index in [4.69, 9.17) is 23.2 Å². The Labute approximate surface area is 103 Å². The van der Waals surface area contributed by atoms with Crippen LogP contribution in [0.5, 0.6) is 0 Å². The zero-order valence-corrected chi connectivity index (χ0v) is 10.6. The van der Waals surface area contributed by atoms with Crippen molar-refractivity contribution in [1.82, 2.24) is 9.97 Å². The SMILES string of the molecule is Clc1cc(Cl)nc(-c2ccc(Br)s2)n1. The molecular weight excluding hydrogens is 307 g/mol. The Kier molecular flexibility index (Phi) is 3.07. The lowest BCUT2D eigenvalue weighted by Gasteiger charge is -1.97. The molecule has 0 fully saturated rings. The molecule has 0 aliphatic rings. The van der Waals surface area contributed by atoms with E-state index in [0.717, 1.165) is 8.66 Å². The Bertz CT molecular complexity index is 452. The van der Waals surface area contributed by atoms with E-state index in [9.17, 15) is 0 Å². The maximum atomic E-state index is 5.76. The summed E-state index contributed by atoms with van der Waals surface area (Å²) in [6, 6.07) is 5.35. The van der Waals surface area contributed by atoms with E-state index in [2.05, 4.69) is 25.9 Å². The van der Waals surface area contributed by atoms with Crippen molar-refractivity contribution >= 4 is 50.5 Å². The van der Waals surface area contributed by atoms with E-state index in [-0.39, 0.29) is 0 Å². The average molecular weight is 310 g/mol. The van der Waals surface area contributed by atoms with Crippen LogP contribution in [0.1, 0.15) is 0 Å². The third-order valence-corrected chi connectivity index (χ3v) is 3.46. The maximum absolute atomic E-state index is 5.76. The van der Waals surface area contributed by atoms with Crippen LogP contribution in [-0.4, -0.2) is 9.97 Å². The van der Waals surface area contributed by atoms with Crippen LogP contribution in [0.3, 0.4) is 0 Å². The molecule has 0 spiro atoms. The summed E-state index contributed by atoms with van der Waals surface area (Å²) in [4.78, 5) is 9.09. The number of aromatic nitrogens is 2. The Morgan fingerprint density at radius 1 is 1.14 bits per heavy atom. The van der Waals surface area contributed by atoms with Gasteiger partial charge in [0, 0.05) is 6.07 Å². The molecule has 0 aliphatic heterocycles. The molecule has 2 aromatic heterocycles. The monoisotopic (exact) mass is 308 g/mol. The van der Waals surface area contributed by atoms with Gasteiger partial charge >= 0.3 is 0 Å². The van der Waals surface area contributed by atoms with E-state index in [0.29, 0.717) is 16.1 Å². The third-order valence-electron chi connectivity index (χ3n) is 1.46. The first-order valence-corrected chi connectivity index (χ1v) is 5.97. The predicted molar refractivity (Wildman–Crippen MR) is 63.1 cm³/mol. The van der Waals surface area contributed by atoms with Gasteiger partial charge in [-0.05, 0) is 28.1 Å². The van der Waals surface area contributed by atoms with Crippen molar-refractivity contribution in [3.8, 4) is 10.7 Å². The zero-order valence-electron chi connectivity index (χ0n) is 6.67. The highest BCUT2D eigenvalue weighted by Gasteiger charge is 2.06. The molecule has 0 N–H and O–H groups in total. The van der Waals surface area contributed by atoms with Gasteiger partial charge in [-0.25, -0.2) is 9.97 Å². The van der Waals surface area contributed by atoms with E-state index in [1.807, 2.05) is 12.1 Å². The number of hydrogen-bond acceptors (Lipinski definition) is 3.